The second kappa shape index (κ2) is 6.65. The Hall–Kier alpha value is -2.33. The van der Waals surface area contributed by atoms with Crippen LogP contribution in [0.5, 0.6) is 5.75 Å². The van der Waals surface area contributed by atoms with Crippen LogP contribution in [0.2, 0.25) is 0 Å². The van der Waals surface area contributed by atoms with Gasteiger partial charge in [0.1, 0.15) is 10.8 Å². The van der Waals surface area contributed by atoms with E-state index in [1.54, 1.807) is 18.4 Å². The zero-order valence-electron chi connectivity index (χ0n) is 13.7. The number of rotatable bonds is 4. The molecule has 0 spiro atoms. The minimum Gasteiger partial charge on any atom is -0.497 e. The number of aromatic nitrogens is 1. The fraction of sp³-hybridized carbons (Fsp3) is 0.250. The number of anilines is 1. The van der Waals surface area contributed by atoms with Crippen molar-refractivity contribution in [1.82, 2.24) is 4.98 Å². The summed E-state index contributed by atoms with van der Waals surface area (Å²) >= 11 is 1.69. The molecule has 1 fully saturated rings. The van der Waals surface area contributed by atoms with Crippen molar-refractivity contribution in [3.8, 4) is 27.6 Å². The number of benzene rings is 2. The van der Waals surface area contributed by atoms with Crippen molar-refractivity contribution in [2.45, 2.75) is 12.8 Å². The highest BCUT2D eigenvalue weighted by Crippen LogP contribution is 2.32. The van der Waals surface area contributed by atoms with Crippen molar-refractivity contribution in [1.29, 1.82) is 0 Å². The zero-order chi connectivity index (χ0) is 16.4. The van der Waals surface area contributed by atoms with Crippen molar-refractivity contribution in [3.63, 3.8) is 0 Å². The minimum absolute atomic E-state index is 0.859. The van der Waals surface area contributed by atoms with Crippen LogP contribution in [0.15, 0.2) is 53.9 Å². The van der Waals surface area contributed by atoms with Gasteiger partial charge in [-0.1, -0.05) is 24.3 Å². The van der Waals surface area contributed by atoms with Crippen LogP contribution in [-0.4, -0.2) is 25.2 Å². The minimum atomic E-state index is 0.859. The summed E-state index contributed by atoms with van der Waals surface area (Å²) in [5.41, 5.74) is 4.59. The molecule has 0 saturated carbocycles. The van der Waals surface area contributed by atoms with Gasteiger partial charge >= 0.3 is 0 Å². The highest BCUT2D eigenvalue weighted by molar-refractivity contribution is 7.13. The van der Waals surface area contributed by atoms with E-state index in [4.69, 9.17) is 9.72 Å². The van der Waals surface area contributed by atoms with Crippen LogP contribution in [0.25, 0.3) is 21.8 Å². The number of methoxy groups -OCH3 is 1. The van der Waals surface area contributed by atoms with Gasteiger partial charge in [0.2, 0.25) is 0 Å². The SMILES string of the molecule is COc1cccc(-c2csc(-c3cccc(N4CCCC4)c3)n2)c1. The van der Waals surface area contributed by atoms with Crippen LogP contribution in [0, 0.1) is 0 Å². The summed E-state index contributed by atoms with van der Waals surface area (Å²) in [5, 5.41) is 3.18. The molecular formula is C20H20N2OS. The first-order valence-electron chi connectivity index (χ1n) is 8.29. The van der Waals surface area contributed by atoms with Crippen LogP contribution in [0.1, 0.15) is 12.8 Å². The van der Waals surface area contributed by atoms with Gasteiger partial charge in [-0.2, -0.15) is 0 Å². The van der Waals surface area contributed by atoms with E-state index in [0.717, 1.165) is 35.1 Å². The molecule has 0 unspecified atom stereocenters. The number of hydrogen-bond donors (Lipinski definition) is 0. The van der Waals surface area contributed by atoms with Gasteiger partial charge in [-0.25, -0.2) is 4.98 Å². The molecule has 2 aromatic carbocycles. The molecule has 122 valence electrons. The lowest BCUT2D eigenvalue weighted by atomic mass is 10.1. The smallest absolute Gasteiger partial charge is 0.124 e. The number of thiazole rings is 1. The summed E-state index contributed by atoms with van der Waals surface area (Å²) in [4.78, 5) is 7.30. The van der Waals surface area contributed by atoms with Gasteiger partial charge in [-0.05, 0) is 37.1 Å². The van der Waals surface area contributed by atoms with E-state index < -0.39 is 0 Å². The largest absolute Gasteiger partial charge is 0.497 e. The highest BCUT2D eigenvalue weighted by atomic mass is 32.1. The number of nitrogens with zero attached hydrogens (tertiary/aromatic N) is 2. The molecule has 0 amide bonds. The van der Waals surface area contributed by atoms with Crippen LogP contribution in [-0.2, 0) is 0 Å². The van der Waals surface area contributed by atoms with Crippen molar-refractivity contribution < 1.29 is 4.74 Å². The third kappa shape index (κ3) is 3.02. The van der Waals surface area contributed by atoms with E-state index in [2.05, 4.69) is 40.6 Å². The molecule has 2 heterocycles. The molecule has 1 saturated heterocycles. The Morgan fingerprint density at radius 3 is 2.62 bits per heavy atom. The van der Waals surface area contributed by atoms with Crippen LogP contribution in [0.3, 0.4) is 0 Å². The maximum absolute atomic E-state index is 5.31. The lowest BCUT2D eigenvalue weighted by Gasteiger charge is -2.17. The maximum atomic E-state index is 5.31. The normalized spacial score (nSPS) is 14.1. The standard InChI is InChI=1S/C20H20N2OS/c1-23-18-9-5-6-15(13-18)19-14-24-20(21-19)16-7-4-8-17(12-16)22-10-2-3-11-22/h4-9,12-14H,2-3,10-11H2,1H3. The molecular weight excluding hydrogens is 316 g/mol. The predicted octanol–water partition coefficient (Wildman–Crippen LogP) is 5.09. The average molecular weight is 336 g/mol. The molecule has 1 aliphatic rings. The molecule has 0 radical (unpaired) electrons. The van der Waals surface area contributed by atoms with Crippen molar-refractivity contribution in [3.05, 3.63) is 53.9 Å². The van der Waals surface area contributed by atoms with E-state index in [1.807, 2.05) is 18.2 Å². The van der Waals surface area contributed by atoms with Crippen molar-refractivity contribution in [2.24, 2.45) is 0 Å². The van der Waals surface area contributed by atoms with E-state index >= 15 is 0 Å². The topological polar surface area (TPSA) is 25.4 Å². The summed E-state index contributed by atoms with van der Waals surface area (Å²) < 4.78 is 5.31. The zero-order valence-corrected chi connectivity index (χ0v) is 14.6. The summed E-state index contributed by atoms with van der Waals surface area (Å²) in [6.45, 7) is 2.33. The second-order valence-corrected chi connectivity index (χ2v) is 6.87. The first-order chi connectivity index (χ1) is 11.8. The van der Waals surface area contributed by atoms with Gasteiger partial charge < -0.3 is 9.64 Å². The van der Waals surface area contributed by atoms with Crippen LogP contribution >= 0.6 is 11.3 Å². The van der Waals surface area contributed by atoms with Crippen molar-refractivity contribution >= 4 is 17.0 Å². The quantitative estimate of drug-likeness (QED) is 0.664. The second-order valence-electron chi connectivity index (χ2n) is 6.01. The third-order valence-corrected chi connectivity index (χ3v) is 5.33. The summed E-state index contributed by atoms with van der Waals surface area (Å²) in [6, 6.07) is 16.8. The van der Waals surface area contributed by atoms with Gasteiger partial charge in [0.15, 0.2) is 0 Å². The average Bonchev–Trinajstić information content (AvgIpc) is 3.34. The van der Waals surface area contributed by atoms with E-state index in [0.29, 0.717) is 0 Å². The molecule has 4 heteroatoms. The van der Waals surface area contributed by atoms with Gasteiger partial charge in [-0.3, -0.25) is 0 Å². The predicted molar refractivity (Wildman–Crippen MR) is 101 cm³/mol. The molecule has 3 nitrogen and oxygen atoms in total. The van der Waals surface area contributed by atoms with Gasteiger partial charge in [0.05, 0.1) is 12.8 Å². The molecule has 24 heavy (non-hydrogen) atoms. The molecule has 1 aromatic heterocycles. The summed E-state index contributed by atoms with van der Waals surface area (Å²) in [7, 11) is 1.69. The Bertz CT molecular complexity index is 837. The van der Waals surface area contributed by atoms with Gasteiger partial charge in [0.25, 0.3) is 0 Å². The Balaban J connectivity index is 1.63. The van der Waals surface area contributed by atoms with Crippen LogP contribution < -0.4 is 9.64 Å². The molecule has 3 aromatic rings. The first-order valence-corrected chi connectivity index (χ1v) is 9.17. The van der Waals surface area contributed by atoms with E-state index in [-0.39, 0.29) is 0 Å². The van der Waals surface area contributed by atoms with E-state index in [1.165, 1.54) is 24.1 Å². The lowest BCUT2D eigenvalue weighted by molar-refractivity contribution is 0.415. The Morgan fingerprint density at radius 2 is 1.79 bits per heavy atom. The number of hydrogen-bond acceptors (Lipinski definition) is 4. The lowest BCUT2D eigenvalue weighted by Crippen LogP contribution is -2.17. The Morgan fingerprint density at radius 1 is 1.00 bits per heavy atom. The summed E-state index contributed by atoms with van der Waals surface area (Å²) in [5.74, 6) is 0.859. The van der Waals surface area contributed by atoms with Crippen LogP contribution in [0.4, 0.5) is 5.69 Å². The maximum Gasteiger partial charge on any atom is 0.124 e. The molecule has 0 aliphatic carbocycles. The molecule has 0 bridgehead atoms. The fourth-order valence-corrected chi connectivity index (χ4v) is 3.96. The van der Waals surface area contributed by atoms with Gasteiger partial charge in [0, 0.05) is 35.3 Å². The molecule has 0 atom stereocenters. The monoisotopic (exact) mass is 336 g/mol. The number of ether oxygens (including phenoxy) is 1. The summed E-state index contributed by atoms with van der Waals surface area (Å²) in [6.07, 6.45) is 2.59. The highest BCUT2D eigenvalue weighted by Gasteiger charge is 2.14. The molecule has 0 N–H and O–H groups in total. The fourth-order valence-electron chi connectivity index (χ4n) is 3.13. The Labute approximate surface area is 146 Å². The van der Waals surface area contributed by atoms with Gasteiger partial charge in [-0.15, -0.1) is 11.3 Å². The Kier molecular flexibility index (Phi) is 4.22. The van der Waals surface area contributed by atoms with Crippen molar-refractivity contribution in [2.75, 3.05) is 25.1 Å². The third-order valence-electron chi connectivity index (χ3n) is 4.43. The molecule has 4 rings (SSSR count). The molecule has 1 aliphatic heterocycles. The first kappa shape index (κ1) is 15.2. The van der Waals surface area contributed by atoms with E-state index in [9.17, 15) is 0 Å².